The van der Waals surface area contributed by atoms with Crippen LogP contribution in [0.25, 0.3) is 11.3 Å². The van der Waals surface area contributed by atoms with E-state index in [2.05, 4.69) is 26.1 Å². The summed E-state index contributed by atoms with van der Waals surface area (Å²) in [6.07, 6.45) is 0.323. The van der Waals surface area contributed by atoms with E-state index >= 15 is 0 Å². The zero-order valence-corrected chi connectivity index (χ0v) is 20.8. The quantitative estimate of drug-likeness (QED) is 0.456. The maximum Gasteiger partial charge on any atom is 0.273 e. The molecule has 0 radical (unpaired) electrons. The van der Waals surface area contributed by atoms with E-state index in [-0.39, 0.29) is 40.4 Å². The number of aromatic nitrogens is 2. The van der Waals surface area contributed by atoms with Crippen LogP contribution in [0.5, 0.6) is 17.2 Å². The molecule has 2 unspecified atom stereocenters. The van der Waals surface area contributed by atoms with Crippen LogP contribution in [0.2, 0.25) is 0 Å². The first-order valence-corrected chi connectivity index (χ1v) is 13.2. The highest BCUT2D eigenvalue weighted by Gasteiger charge is 2.48. The molecule has 0 aliphatic carbocycles. The largest absolute Gasteiger partial charge is 0.507 e. The van der Waals surface area contributed by atoms with Gasteiger partial charge in [0.2, 0.25) is 0 Å². The lowest BCUT2D eigenvalue weighted by Gasteiger charge is -2.31. The van der Waals surface area contributed by atoms with Gasteiger partial charge in [-0.15, -0.1) is 0 Å². The van der Waals surface area contributed by atoms with Gasteiger partial charge in [-0.3, -0.25) is 9.89 Å². The molecule has 9 nitrogen and oxygen atoms in total. The number of ether oxygens (including phenoxy) is 1. The highest BCUT2D eigenvalue weighted by Crippen LogP contribution is 2.48. The number of sulfone groups is 1. The first-order valence-electron chi connectivity index (χ1n) is 10.6. The molecule has 11 heteroatoms. The van der Waals surface area contributed by atoms with Gasteiger partial charge in [0.25, 0.3) is 5.91 Å². The van der Waals surface area contributed by atoms with Crippen LogP contribution in [0, 0.1) is 6.92 Å². The van der Waals surface area contributed by atoms with Crippen molar-refractivity contribution in [3.05, 3.63) is 57.2 Å². The van der Waals surface area contributed by atoms with Crippen LogP contribution >= 0.6 is 15.9 Å². The maximum absolute atomic E-state index is 13.6. The van der Waals surface area contributed by atoms with Crippen molar-refractivity contribution in [2.24, 2.45) is 0 Å². The average molecular weight is 548 g/mol. The number of aromatic amines is 1. The van der Waals surface area contributed by atoms with Crippen molar-refractivity contribution < 1.29 is 28.2 Å². The Morgan fingerprint density at radius 2 is 2.00 bits per heavy atom. The second-order valence-corrected chi connectivity index (χ2v) is 11.7. The topological polar surface area (TPSA) is 133 Å². The second kappa shape index (κ2) is 8.02. The summed E-state index contributed by atoms with van der Waals surface area (Å²) in [5.74, 6) is -0.362. The number of carbonyl (C=O) groups excluding carboxylic acids is 1. The molecule has 3 aromatic rings. The van der Waals surface area contributed by atoms with E-state index in [4.69, 9.17) is 4.74 Å². The van der Waals surface area contributed by atoms with Gasteiger partial charge < -0.3 is 19.8 Å². The standard InChI is InChI=1S/C23H22BrN3O6S/c1-11-3-4-16(28)14(7-11)19-18-20(26-25-19)23(30)27(13-5-6-34(31,32)10-13)21(18)12-8-15(24)22(29)17(9-12)33-2/h3-4,7-9,13,21,28-29H,5-6,10H2,1-2H3,(H,25,26). The lowest BCUT2D eigenvalue weighted by Crippen LogP contribution is -2.40. The summed E-state index contributed by atoms with van der Waals surface area (Å²) in [4.78, 5) is 15.2. The number of hydrogen-bond acceptors (Lipinski definition) is 7. The first kappa shape index (κ1) is 22.7. The lowest BCUT2D eigenvalue weighted by molar-refractivity contribution is 0.0677. The summed E-state index contributed by atoms with van der Waals surface area (Å²) in [7, 11) is -1.85. The number of hydrogen-bond donors (Lipinski definition) is 3. The number of methoxy groups -OCH3 is 1. The van der Waals surface area contributed by atoms with Gasteiger partial charge in [-0.25, -0.2) is 8.42 Å². The normalized spacial score (nSPS) is 21.1. The number of amides is 1. The lowest BCUT2D eigenvalue weighted by atomic mass is 9.94. The Labute approximate surface area is 204 Å². The van der Waals surface area contributed by atoms with Crippen molar-refractivity contribution in [2.45, 2.75) is 25.4 Å². The zero-order valence-electron chi connectivity index (χ0n) is 18.4. The third kappa shape index (κ3) is 3.54. The molecule has 2 atom stereocenters. The zero-order chi connectivity index (χ0) is 24.4. The van der Waals surface area contributed by atoms with Gasteiger partial charge in [0.1, 0.15) is 17.1 Å². The van der Waals surface area contributed by atoms with E-state index in [0.29, 0.717) is 33.3 Å². The number of H-pyrrole nitrogens is 1. The SMILES string of the molecule is COc1cc(C2c3c(-c4cc(C)ccc4O)n[nH]c3C(=O)N2C2CCS(=O)(=O)C2)cc(Br)c1O. The monoisotopic (exact) mass is 547 g/mol. The Morgan fingerprint density at radius 1 is 1.24 bits per heavy atom. The van der Waals surface area contributed by atoms with Gasteiger partial charge in [0, 0.05) is 17.2 Å². The number of nitrogens with zero attached hydrogens (tertiary/aromatic N) is 2. The van der Waals surface area contributed by atoms with Crippen molar-refractivity contribution >= 4 is 31.7 Å². The smallest absolute Gasteiger partial charge is 0.273 e. The van der Waals surface area contributed by atoms with Crippen LogP contribution in [-0.2, 0) is 9.84 Å². The van der Waals surface area contributed by atoms with E-state index in [0.717, 1.165) is 5.56 Å². The van der Waals surface area contributed by atoms with Crippen molar-refractivity contribution in [3.8, 4) is 28.5 Å². The Morgan fingerprint density at radius 3 is 2.68 bits per heavy atom. The van der Waals surface area contributed by atoms with Crippen LogP contribution in [0.4, 0.5) is 0 Å². The van der Waals surface area contributed by atoms with Gasteiger partial charge in [-0.1, -0.05) is 11.6 Å². The van der Waals surface area contributed by atoms with Crippen LogP contribution in [0.1, 0.15) is 39.6 Å². The van der Waals surface area contributed by atoms with Gasteiger partial charge in [-0.05, 0) is 59.1 Å². The molecule has 34 heavy (non-hydrogen) atoms. The van der Waals surface area contributed by atoms with Gasteiger partial charge in [0.05, 0.1) is 29.1 Å². The van der Waals surface area contributed by atoms with Crippen LogP contribution < -0.4 is 4.74 Å². The Bertz CT molecular complexity index is 1430. The predicted octanol–water partition coefficient (Wildman–Crippen LogP) is 3.30. The highest BCUT2D eigenvalue weighted by atomic mass is 79.9. The molecule has 1 saturated heterocycles. The molecule has 1 aromatic heterocycles. The molecular weight excluding hydrogens is 526 g/mol. The first-order chi connectivity index (χ1) is 16.1. The molecule has 2 aliphatic rings. The fourth-order valence-corrected chi connectivity index (χ4v) is 6.99. The minimum Gasteiger partial charge on any atom is -0.507 e. The minimum atomic E-state index is -3.27. The molecule has 0 saturated carbocycles. The fraction of sp³-hybridized carbons (Fsp3) is 0.304. The second-order valence-electron chi connectivity index (χ2n) is 8.61. The number of aryl methyl sites for hydroxylation is 1. The fourth-order valence-electron chi connectivity index (χ4n) is 4.82. The molecule has 5 rings (SSSR count). The van der Waals surface area contributed by atoms with Crippen molar-refractivity contribution in [1.82, 2.24) is 15.1 Å². The third-order valence-corrected chi connectivity index (χ3v) is 8.75. The predicted molar refractivity (Wildman–Crippen MR) is 128 cm³/mol. The van der Waals surface area contributed by atoms with E-state index in [1.807, 2.05) is 6.92 Å². The van der Waals surface area contributed by atoms with Crippen molar-refractivity contribution in [1.29, 1.82) is 0 Å². The van der Waals surface area contributed by atoms with Crippen LogP contribution in [-0.4, -0.2) is 64.3 Å². The molecule has 2 aromatic carbocycles. The number of aromatic hydroxyl groups is 2. The molecule has 178 valence electrons. The van der Waals surface area contributed by atoms with Gasteiger partial charge >= 0.3 is 0 Å². The number of benzene rings is 2. The summed E-state index contributed by atoms with van der Waals surface area (Å²) >= 11 is 3.34. The van der Waals surface area contributed by atoms with Crippen LogP contribution in [0.15, 0.2) is 34.8 Å². The maximum atomic E-state index is 13.6. The molecule has 1 fully saturated rings. The minimum absolute atomic E-state index is 0.00840. The van der Waals surface area contributed by atoms with E-state index in [1.54, 1.807) is 35.2 Å². The Hall–Kier alpha value is -3.05. The molecular formula is C23H22BrN3O6S. The summed E-state index contributed by atoms with van der Waals surface area (Å²) in [5.41, 5.74) is 3.15. The number of fused-ring (bicyclic) bond motifs is 1. The average Bonchev–Trinajstić information content (AvgIpc) is 3.45. The van der Waals surface area contributed by atoms with Crippen LogP contribution in [0.3, 0.4) is 0 Å². The van der Waals surface area contributed by atoms with Crippen molar-refractivity contribution in [3.63, 3.8) is 0 Å². The number of rotatable bonds is 4. The molecule has 0 bridgehead atoms. The summed E-state index contributed by atoms with van der Waals surface area (Å²) in [6.45, 7) is 1.89. The third-order valence-electron chi connectivity index (χ3n) is 6.40. The van der Waals surface area contributed by atoms with E-state index in [9.17, 15) is 23.4 Å². The number of carbonyl (C=O) groups is 1. The number of phenolic OH excluding ortho intramolecular Hbond substituents is 2. The Kier molecular flexibility index (Phi) is 5.36. The molecule has 3 heterocycles. The van der Waals surface area contributed by atoms with E-state index in [1.165, 1.54) is 7.11 Å². The van der Waals surface area contributed by atoms with Gasteiger partial charge in [0.15, 0.2) is 21.3 Å². The number of halogens is 1. The van der Waals surface area contributed by atoms with Gasteiger partial charge in [-0.2, -0.15) is 5.10 Å². The summed E-state index contributed by atoms with van der Waals surface area (Å²) in [6, 6.07) is 7.18. The highest BCUT2D eigenvalue weighted by molar-refractivity contribution is 9.10. The molecule has 0 spiro atoms. The van der Waals surface area contributed by atoms with E-state index < -0.39 is 21.9 Å². The molecule has 1 amide bonds. The summed E-state index contributed by atoms with van der Waals surface area (Å²) in [5, 5.41) is 28.1. The molecule has 2 aliphatic heterocycles. The molecule has 3 N–H and O–H groups in total. The Balaban J connectivity index is 1.74. The number of phenols is 2. The number of nitrogens with one attached hydrogen (secondary N) is 1. The summed E-state index contributed by atoms with van der Waals surface area (Å²) < 4.78 is 30.2. The van der Waals surface area contributed by atoms with Crippen molar-refractivity contribution in [2.75, 3.05) is 18.6 Å².